The molecule has 0 radical (unpaired) electrons. The number of Topliss-reactive ketones (excluding diaryl/α,β-unsaturated/α-hetero) is 1. The number of halogens is 1. The van der Waals surface area contributed by atoms with Gasteiger partial charge in [-0.2, -0.15) is 0 Å². The normalized spacial score (nSPS) is 16.5. The molecule has 0 spiro atoms. The minimum absolute atomic E-state index is 0.0155. The van der Waals surface area contributed by atoms with Crippen LogP contribution < -0.4 is 9.64 Å². The summed E-state index contributed by atoms with van der Waals surface area (Å²) in [6, 6.07) is 12.2. The number of amides is 1. The summed E-state index contributed by atoms with van der Waals surface area (Å²) in [6.45, 7) is 7.62. The molecule has 196 valence electrons. The van der Waals surface area contributed by atoms with Crippen LogP contribution in [0.5, 0.6) is 5.75 Å². The zero-order valence-electron chi connectivity index (χ0n) is 20.8. The zero-order chi connectivity index (χ0) is 27.4. The quantitative estimate of drug-likeness (QED) is 0.116. The van der Waals surface area contributed by atoms with Gasteiger partial charge in [-0.15, -0.1) is 0 Å². The van der Waals surface area contributed by atoms with E-state index >= 15 is 0 Å². The smallest absolute Gasteiger partial charge is 0.350 e. The van der Waals surface area contributed by atoms with Crippen molar-refractivity contribution in [2.75, 3.05) is 18.1 Å². The van der Waals surface area contributed by atoms with E-state index in [-0.39, 0.29) is 27.9 Å². The lowest BCUT2D eigenvalue weighted by molar-refractivity contribution is -0.132. The van der Waals surface area contributed by atoms with Gasteiger partial charge in [-0.3, -0.25) is 14.5 Å². The van der Waals surface area contributed by atoms with E-state index in [4.69, 9.17) is 21.1 Å². The van der Waals surface area contributed by atoms with E-state index in [1.54, 1.807) is 55.5 Å². The number of ketones is 1. The third-order valence-corrected chi connectivity index (χ3v) is 7.11. The van der Waals surface area contributed by atoms with Crippen LogP contribution in [0.1, 0.15) is 45.9 Å². The summed E-state index contributed by atoms with van der Waals surface area (Å²) in [5.41, 5.74) is 1.07. The number of thiazole rings is 1. The van der Waals surface area contributed by atoms with Crippen LogP contribution in [0, 0.1) is 6.92 Å². The molecule has 1 saturated heterocycles. The SMILES string of the molecule is C=CCOC(=O)c1sc(N2C(=O)C(=O)/C(=C(/O)c3ccc(Cl)cc3)C2c2cccc(OCCC)c2)nc1C. The van der Waals surface area contributed by atoms with E-state index in [9.17, 15) is 19.5 Å². The van der Waals surface area contributed by atoms with Crippen molar-refractivity contribution >= 4 is 51.5 Å². The Labute approximate surface area is 228 Å². The van der Waals surface area contributed by atoms with Crippen LogP contribution in [0.2, 0.25) is 5.02 Å². The number of nitrogens with zero attached hydrogens (tertiary/aromatic N) is 2. The van der Waals surface area contributed by atoms with Crippen LogP contribution in [-0.2, 0) is 14.3 Å². The van der Waals surface area contributed by atoms with Gasteiger partial charge in [0.15, 0.2) is 5.13 Å². The maximum absolute atomic E-state index is 13.4. The molecular formula is C28H25ClN2O6S. The molecule has 1 aliphatic heterocycles. The summed E-state index contributed by atoms with van der Waals surface area (Å²) in [7, 11) is 0. The molecule has 1 unspecified atom stereocenters. The number of hydrogen-bond acceptors (Lipinski definition) is 8. The molecule has 1 fully saturated rings. The lowest BCUT2D eigenvalue weighted by Crippen LogP contribution is -2.29. The van der Waals surface area contributed by atoms with E-state index in [0.717, 1.165) is 17.8 Å². The molecule has 8 nitrogen and oxygen atoms in total. The Balaban J connectivity index is 1.88. The van der Waals surface area contributed by atoms with E-state index in [0.29, 0.717) is 34.2 Å². The molecule has 1 aromatic heterocycles. The lowest BCUT2D eigenvalue weighted by atomic mass is 9.95. The summed E-state index contributed by atoms with van der Waals surface area (Å²) >= 11 is 6.93. The minimum Gasteiger partial charge on any atom is -0.507 e. The molecule has 1 N–H and O–H groups in total. The van der Waals surface area contributed by atoms with Gasteiger partial charge in [0.25, 0.3) is 5.78 Å². The van der Waals surface area contributed by atoms with Crippen LogP contribution >= 0.6 is 22.9 Å². The zero-order valence-corrected chi connectivity index (χ0v) is 22.3. The number of anilines is 1. The van der Waals surface area contributed by atoms with Crippen LogP contribution in [0.3, 0.4) is 0 Å². The topological polar surface area (TPSA) is 106 Å². The van der Waals surface area contributed by atoms with Crippen molar-refractivity contribution in [1.82, 2.24) is 4.98 Å². The molecule has 1 atom stereocenters. The first kappa shape index (κ1) is 27.1. The molecule has 3 aromatic rings. The third-order valence-electron chi connectivity index (χ3n) is 5.72. The molecule has 1 amide bonds. The first-order valence-corrected chi connectivity index (χ1v) is 13.0. The highest BCUT2D eigenvalue weighted by atomic mass is 35.5. The average molecular weight is 553 g/mol. The first-order chi connectivity index (χ1) is 18.3. The number of hydrogen-bond donors (Lipinski definition) is 1. The molecule has 10 heteroatoms. The van der Waals surface area contributed by atoms with E-state index < -0.39 is 23.7 Å². The Morgan fingerprint density at radius 3 is 2.66 bits per heavy atom. The second-order valence-electron chi connectivity index (χ2n) is 8.40. The average Bonchev–Trinajstić information content (AvgIpc) is 3.42. The van der Waals surface area contributed by atoms with E-state index in [1.165, 1.54) is 11.0 Å². The fourth-order valence-electron chi connectivity index (χ4n) is 3.98. The molecule has 0 saturated carbocycles. The lowest BCUT2D eigenvalue weighted by Gasteiger charge is -2.23. The van der Waals surface area contributed by atoms with Gasteiger partial charge in [-0.05, 0) is 55.3 Å². The Morgan fingerprint density at radius 1 is 1.24 bits per heavy atom. The molecule has 0 aliphatic carbocycles. The predicted molar refractivity (Wildman–Crippen MR) is 146 cm³/mol. The van der Waals surface area contributed by atoms with Gasteiger partial charge in [0, 0.05) is 10.6 Å². The number of rotatable bonds is 9. The van der Waals surface area contributed by atoms with Gasteiger partial charge in [0.05, 0.1) is 23.9 Å². The second-order valence-corrected chi connectivity index (χ2v) is 9.81. The molecule has 38 heavy (non-hydrogen) atoms. The highest BCUT2D eigenvalue weighted by Crippen LogP contribution is 2.44. The summed E-state index contributed by atoms with van der Waals surface area (Å²) in [6.07, 6.45) is 2.24. The Morgan fingerprint density at radius 2 is 1.97 bits per heavy atom. The van der Waals surface area contributed by atoms with Crippen molar-refractivity contribution in [3.8, 4) is 5.75 Å². The highest BCUT2D eigenvalue weighted by Gasteiger charge is 2.48. The Kier molecular flexibility index (Phi) is 8.29. The van der Waals surface area contributed by atoms with Crippen molar-refractivity contribution in [2.24, 2.45) is 0 Å². The van der Waals surface area contributed by atoms with Crippen LogP contribution in [-0.4, -0.2) is 41.0 Å². The van der Waals surface area contributed by atoms with E-state index in [1.807, 2.05) is 6.92 Å². The predicted octanol–water partition coefficient (Wildman–Crippen LogP) is 5.86. The fraction of sp³-hybridized carbons (Fsp3) is 0.214. The second kappa shape index (κ2) is 11.6. The number of aromatic nitrogens is 1. The number of ether oxygens (including phenoxy) is 2. The van der Waals surface area contributed by atoms with Crippen molar-refractivity contribution in [3.63, 3.8) is 0 Å². The number of esters is 1. The minimum atomic E-state index is -1.03. The van der Waals surface area contributed by atoms with Gasteiger partial charge in [-0.25, -0.2) is 9.78 Å². The largest absolute Gasteiger partial charge is 0.507 e. The first-order valence-electron chi connectivity index (χ1n) is 11.8. The van der Waals surface area contributed by atoms with Crippen LogP contribution in [0.15, 0.2) is 66.8 Å². The van der Waals surface area contributed by atoms with Gasteiger partial charge >= 0.3 is 11.9 Å². The third kappa shape index (κ3) is 5.34. The molecular weight excluding hydrogens is 528 g/mol. The number of carbonyl (C=O) groups excluding carboxylic acids is 3. The number of carbonyl (C=O) groups is 3. The summed E-state index contributed by atoms with van der Waals surface area (Å²) < 4.78 is 10.9. The Bertz CT molecular complexity index is 1430. The number of benzene rings is 2. The van der Waals surface area contributed by atoms with E-state index in [2.05, 4.69) is 11.6 Å². The van der Waals surface area contributed by atoms with Gasteiger partial charge in [0.1, 0.15) is 23.0 Å². The standard InChI is InChI=1S/C28H25ClN2O6S/c1-4-13-36-20-8-6-7-18(15-20)22-21(23(32)17-9-11-19(29)12-10-17)24(33)26(34)31(22)28-30-16(3)25(38-28)27(35)37-14-5-2/h5-12,15,22,32H,2,4,13-14H2,1,3H3/b23-21+. The number of aryl methyl sites for hydroxylation is 1. The van der Waals surface area contributed by atoms with Gasteiger partial charge in [-0.1, -0.05) is 54.6 Å². The van der Waals surface area contributed by atoms with Crippen LogP contribution in [0.25, 0.3) is 5.76 Å². The molecule has 2 aromatic carbocycles. The molecule has 4 rings (SSSR count). The maximum Gasteiger partial charge on any atom is 0.350 e. The molecule has 0 bridgehead atoms. The number of aliphatic hydroxyl groups is 1. The van der Waals surface area contributed by atoms with Crippen molar-refractivity contribution < 1.29 is 29.0 Å². The number of aliphatic hydroxyl groups excluding tert-OH is 1. The van der Waals surface area contributed by atoms with Crippen LogP contribution in [0.4, 0.5) is 5.13 Å². The monoisotopic (exact) mass is 552 g/mol. The van der Waals surface area contributed by atoms with Gasteiger partial charge < -0.3 is 14.6 Å². The van der Waals surface area contributed by atoms with Crippen molar-refractivity contribution in [3.05, 3.63) is 93.5 Å². The summed E-state index contributed by atoms with van der Waals surface area (Å²) in [5.74, 6) is -2.19. The Hall–Kier alpha value is -3.95. The summed E-state index contributed by atoms with van der Waals surface area (Å²) in [5, 5.41) is 11.8. The van der Waals surface area contributed by atoms with Crippen molar-refractivity contribution in [2.45, 2.75) is 26.3 Å². The molecule has 2 heterocycles. The fourth-order valence-corrected chi connectivity index (χ4v) is 5.09. The molecule has 1 aliphatic rings. The maximum atomic E-state index is 13.4. The van der Waals surface area contributed by atoms with Crippen molar-refractivity contribution in [1.29, 1.82) is 0 Å². The summed E-state index contributed by atoms with van der Waals surface area (Å²) in [4.78, 5) is 45.2. The van der Waals surface area contributed by atoms with Gasteiger partial charge in [0.2, 0.25) is 0 Å². The highest BCUT2D eigenvalue weighted by molar-refractivity contribution is 7.17.